The number of anilines is 3. The summed E-state index contributed by atoms with van der Waals surface area (Å²) in [5.74, 6) is 1.59. The second-order valence-electron chi connectivity index (χ2n) is 14.4. The molecule has 272 valence electrons. The first-order valence-corrected chi connectivity index (χ1v) is 19.2. The van der Waals surface area contributed by atoms with E-state index in [0.717, 1.165) is 99.6 Å². The molecule has 0 aliphatic rings. The van der Waals surface area contributed by atoms with E-state index in [1.807, 2.05) is 78.9 Å². The van der Waals surface area contributed by atoms with Gasteiger partial charge in [-0.25, -0.2) is 15.0 Å². The summed E-state index contributed by atoms with van der Waals surface area (Å²) in [7, 11) is 0. The van der Waals surface area contributed by atoms with Crippen molar-refractivity contribution in [2.45, 2.75) is 0 Å². The fraction of sp³-hybridized carbons (Fsp3) is 0. The number of rotatable bonds is 6. The Morgan fingerprint density at radius 3 is 1.07 bits per heavy atom. The van der Waals surface area contributed by atoms with Gasteiger partial charge in [0.05, 0.1) is 0 Å². The van der Waals surface area contributed by atoms with Crippen molar-refractivity contribution in [3.8, 4) is 34.2 Å². The predicted molar refractivity (Wildman–Crippen MR) is 233 cm³/mol. The third kappa shape index (κ3) is 5.25. The van der Waals surface area contributed by atoms with Crippen LogP contribution in [0.2, 0.25) is 0 Å². The minimum absolute atomic E-state index is 0.525. The highest BCUT2D eigenvalue weighted by Gasteiger charge is 2.19. The van der Waals surface area contributed by atoms with Gasteiger partial charge in [-0.2, -0.15) is 0 Å². The number of fused-ring (bicyclic) bond motifs is 9. The Balaban J connectivity index is 1.000. The first-order chi connectivity index (χ1) is 28.7. The second-order valence-corrected chi connectivity index (χ2v) is 14.4. The van der Waals surface area contributed by atoms with Crippen molar-refractivity contribution in [1.82, 2.24) is 15.0 Å². The number of hydrogen-bond acceptors (Lipinski definition) is 7. The van der Waals surface area contributed by atoms with Crippen molar-refractivity contribution in [3.05, 3.63) is 182 Å². The molecule has 0 N–H and O–H groups in total. The summed E-state index contributed by atoms with van der Waals surface area (Å²) in [5, 5.41) is 6.26. The third-order valence-corrected chi connectivity index (χ3v) is 10.9. The minimum atomic E-state index is 0.525. The largest absolute Gasteiger partial charge is 0.456 e. The lowest BCUT2D eigenvalue weighted by molar-refractivity contribution is 0.668. The van der Waals surface area contributed by atoms with Crippen LogP contribution < -0.4 is 4.90 Å². The van der Waals surface area contributed by atoms with Crippen LogP contribution in [0.5, 0.6) is 0 Å². The summed E-state index contributed by atoms with van der Waals surface area (Å²) in [6.07, 6.45) is 0. The highest BCUT2D eigenvalue weighted by Crippen LogP contribution is 2.40. The van der Waals surface area contributed by atoms with E-state index < -0.39 is 0 Å². The molecule has 4 heterocycles. The number of para-hydroxylation sites is 4. The second kappa shape index (κ2) is 12.8. The van der Waals surface area contributed by atoms with Crippen molar-refractivity contribution in [2.75, 3.05) is 4.90 Å². The van der Waals surface area contributed by atoms with Crippen molar-refractivity contribution in [3.63, 3.8) is 0 Å². The smallest absolute Gasteiger partial charge is 0.164 e. The van der Waals surface area contributed by atoms with E-state index in [4.69, 9.17) is 28.2 Å². The minimum Gasteiger partial charge on any atom is -0.456 e. The molecular weight excluding hydrogens is 717 g/mol. The average Bonchev–Trinajstić information content (AvgIpc) is 3.97. The van der Waals surface area contributed by atoms with E-state index in [-0.39, 0.29) is 0 Å². The molecule has 0 saturated heterocycles. The predicted octanol–water partition coefficient (Wildman–Crippen LogP) is 14.0. The zero-order valence-electron chi connectivity index (χ0n) is 30.8. The highest BCUT2D eigenvalue weighted by molar-refractivity contribution is 6.08. The van der Waals surface area contributed by atoms with Crippen molar-refractivity contribution in [1.29, 1.82) is 0 Å². The fourth-order valence-electron chi connectivity index (χ4n) is 8.14. The SMILES string of the molecule is c1ccc(N(c2ccccc2)c2ccc3c(c2)oc2cc(-c4nc(-c5ccc6c(c5)oc5ccccc56)nc(-c5ccc6c(c5)oc5ccccc56)n4)ccc23)cc1. The van der Waals surface area contributed by atoms with Gasteiger partial charge in [0, 0.05) is 72.1 Å². The molecule has 7 nitrogen and oxygen atoms in total. The summed E-state index contributed by atoms with van der Waals surface area (Å²) >= 11 is 0. The van der Waals surface area contributed by atoms with E-state index in [9.17, 15) is 0 Å². The van der Waals surface area contributed by atoms with Gasteiger partial charge in [0.25, 0.3) is 0 Å². The first kappa shape index (κ1) is 32.2. The van der Waals surface area contributed by atoms with Crippen LogP contribution in [0.25, 0.3) is 100.0 Å². The molecule has 0 radical (unpaired) electrons. The van der Waals surface area contributed by atoms with Gasteiger partial charge in [-0.1, -0.05) is 91.0 Å². The Labute approximate surface area is 331 Å². The van der Waals surface area contributed by atoms with Gasteiger partial charge in [-0.15, -0.1) is 0 Å². The quantitative estimate of drug-likeness (QED) is 0.168. The van der Waals surface area contributed by atoms with Crippen LogP contribution in [0.4, 0.5) is 17.1 Å². The third-order valence-electron chi connectivity index (χ3n) is 10.9. The molecule has 12 rings (SSSR count). The summed E-state index contributed by atoms with van der Waals surface area (Å²) in [6.45, 7) is 0. The van der Waals surface area contributed by atoms with Crippen molar-refractivity contribution in [2.24, 2.45) is 0 Å². The Hall–Kier alpha value is -8.03. The van der Waals surface area contributed by atoms with Crippen LogP contribution in [-0.4, -0.2) is 15.0 Å². The zero-order chi connectivity index (χ0) is 38.2. The lowest BCUT2D eigenvalue weighted by atomic mass is 10.1. The lowest BCUT2D eigenvalue weighted by Gasteiger charge is -2.25. The van der Waals surface area contributed by atoms with E-state index in [2.05, 4.69) is 108 Å². The molecule has 0 aliphatic heterocycles. The maximum absolute atomic E-state index is 6.64. The van der Waals surface area contributed by atoms with Gasteiger partial charge in [0.2, 0.25) is 0 Å². The maximum Gasteiger partial charge on any atom is 0.164 e. The van der Waals surface area contributed by atoms with Crippen LogP contribution in [0, 0.1) is 0 Å². The summed E-state index contributed by atoms with van der Waals surface area (Å²) in [4.78, 5) is 17.5. The van der Waals surface area contributed by atoms with E-state index in [1.54, 1.807) is 0 Å². The van der Waals surface area contributed by atoms with Gasteiger partial charge >= 0.3 is 0 Å². The van der Waals surface area contributed by atoms with Gasteiger partial charge in [0.15, 0.2) is 17.5 Å². The summed E-state index contributed by atoms with van der Waals surface area (Å²) in [6, 6.07) is 61.7. The molecule has 0 saturated carbocycles. The molecular formula is C51H30N4O3. The van der Waals surface area contributed by atoms with Crippen LogP contribution in [0.15, 0.2) is 195 Å². The number of nitrogens with zero attached hydrogens (tertiary/aromatic N) is 4. The molecule has 0 amide bonds. The van der Waals surface area contributed by atoms with Gasteiger partial charge in [-0.05, 0) is 84.9 Å². The molecule has 58 heavy (non-hydrogen) atoms. The molecule has 7 heteroatoms. The van der Waals surface area contributed by atoms with E-state index in [0.29, 0.717) is 17.5 Å². The van der Waals surface area contributed by atoms with Gasteiger partial charge < -0.3 is 18.2 Å². The molecule has 0 fully saturated rings. The van der Waals surface area contributed by atoms with Crippen LogP contribution in [-0.2, 0) is 0 Å². The molecule has 0 aliphatic carbocycles. The molecule has 8 aromatic carbocycles. The average molecular weight is 747 g/mol. The normalized spacial score (nSPS) is 11.8. The zero-order valence-corrected chi connectivity index (χ0v) is 30.8. The highest BCUT2D eigenvalue weighted by atomic mass is 16.3. The Morgan fingerprint density at radius 2 is 0.621 bits per heavy atom. The topological polar surface area (TPSA) is 81.3 Å². The van der Waals surface area contributed by atoms with Crippen LogP contribution in [0.3, 0.4) is 0 Å². The Kier molecular flexibility index (Phi) is 7.09. The Bertz CT molecular complexity index is 3360. The number of aromatic nitrogens is 3. The van der Waals surface area contributed by atoms with E-state index in [1.165, 1.54) is 0 Å². The fourth-order valence-corrected chi connectivity index (χ4v) is 8.14. The number of benzene rings is 8. The molecule has 4 aromatic heterocycles. The van der Waals surface area contributed by atoms with Crippen molar-refractivity contribution >= 4 is 82.9 Å². The molecule has 0 atom stereocenters. The van der Waals surface area contributed by atoms with Gasteiger partial charge in [0.1, 0.15) is 33.5 Å². The molecule has 0 spiro atoms. The number of furan rings is 3. The standard InChI is InChI=1S/C51H30N4O3/c1-3-11-34(12-4-1)55(35-13-5-2-6-14-35)36-22-26-42-41-25-21-33(29-47(41)58-48(42)30-36)51-53-49(31-19-23-39-37-15-7-9-17-43(37)56-45(39)27-31)52-50(54-51)32-20-24-40-38-16-8-10-18-44(38)57-46(40)28-32/h1-30H. The van der Waals surface area contributed by atoms with Crippen LogP contribution >= 0.6 is 0 Å². The summed E-state index contributed by atoms with van der Waals surface area (Å²) in [5.41, 5.74) is 10.3. The monoisotopic (exact) mass is 746 g/mol. The molecule has 0 bridgehead atoms. The first-order valence-electron chi connectivity index (χ1n) is 19.2. The van der Waals surface area contributed by atoms with Crippen LogP contribution in [0.1, 0.15) is 0 Å². The van der Waals surface area contributed by atoms with E-state index >= 15 is 0 Å². The molecule has 0 unspecified atom stereocenters. The summed E-state index contributed by atoms with van der Waals surface area (Å²) < 4.78 is 19.2. The molecule has 12 aromatic rings. The van der Waals surface area contributed by atoms with Gasteiger partial charge in [-0.3, -0.25) is 0 Å². The van der Waals surface area contributed by atoms with Crippen molar-refractivity contribution < 1.29 is 13.3 Å². The number of hydrogen-bond donors (Lipinski definition) is 0. The maximum atomic E-state index is 6.64. The Morgan fingerprint density at radius 1 is 0.276 bits per heavy atom. The lowest BCUT2D eigenvalue weighted by Crippen LogP contribution is -2.09.